The van der Waals surface area contributed by atoms with Gasteiger partial charge in [-0.2, -0.15) is 4.31 Å². The van der Waals surface area contributed by atoms with E-state index in [9.17, 15) is 13.2 Å². The maximum Gasteiger partial charge on any atom is 0.252 e. The lowest BCUT2D eigenvalue weighted by Gasteiger charge is -2.24. The van der Waals surface area contributed by atoms with Gasteiger partial charge >= 0.3 is 0 Å². The summed E-state index contributed by atoms with van der Waals surface area (Å²) in [5.74, 6) is 0.0214. The number of carbonyl (C=O) groups excluding carboxylic acids is 1. The Labute approximate surface area is 128 Å². The van der Waals surface area contributed by atoms with Crippen LogP contribution in [-0.4, -0.2) is 62.4 Å². The van der Waals surface area contributed by atoms with E-state index in [0.29, 0.717) is 30.3 Å². The van der Waals surface area contributed by atoms with E-state index < -0.39 is 10.0 Å². The Morgan fingerprint density at radius 3 is 2.90 bits per heavy atom. The first kappa shape index (κ1) is 15.0. The molecular weight excluding hydrogens is 312 g/mol. The third kappa shape index (κ3) is 2.50. The maximum absolute atomic E-state index is 12.6. The van der Waals surface area contributed by atoms with E-state index in [4.69, 9.17) is 4.74 Å². The molecule has 0 unspecified atom stereocenters. The van der Waals surface area contributed by atoms with E-state index in [1.807, 2.05) is 0 Å². The number of ether oxygens (including phenoxy) is 1. The summed E-state index contributed by atoms with van der Waals surface area (Å²) in [6.45, 7) is 1.49. The van der Waals surface area contributed by atoms with Crippen LogP contribution in [0, 0.1) is 0 Å². The average Bonchev–Trinajstić information content (AvgIpc) is 3.13. The second-order valence-corrected chi connectivity index (χ2v) is 8.32. The van der Waals surface area contributed by atoms with Crippen LogP contribution < -0.4 is 0 Å². The Bertz CT molecular complexity index is 614. The predicted molar refractivity (Wildman–Crippen MR) is 78.6 cm³/mol. The van der Waals surface area contributed by atoms with Gasteiger partial charge in [-0.05, 0) is 17.9 Å². The van der Waals surface area contributed by atoms with Crippen molar-refractivity contribution in [2.45, 2.75) is 29.1 Å². The molecule has 2 atom stereocenters. The van der Waals surface area contributed by atoms with Crippen LogP contribution >= 0.6 is 11.3 Å². The molecule has 1 aromatic rings. The van der Waals surface area contributed by atoms with Crippen molar-refractivity contribution in [3.8, 4) is 0 Å². The fourth-order valence-electron chi connectivity index (χ4n) is 3.20. The standard InChI is InChI=1S/C13H18N2O4S2/c1-19-7-6-14-10-4-5-15(11(10)9-12(14)16)21(17,18)13-3-2-8-20-13/h2-3,8,10-11H,4-7,9H2,1H3/t10-,11-/m0/s1. The van der Waals surface area contributed by atoms with E-state index >= 15 is 0 Å². The van der Waals surface area contributed by atoms with Crippen molar-refractivity contribution < 1.29 is 17.9 Å². The number of likely N-dealkylation sites (tertiary alicyclic amines) is 1. The number of carbonyl (C=O) groups is 1. The summed E-state index contributed by atoms with van der Waals surface area (Å²) in [6, 6.07) is 3.10. The molecular formula is C13H18N2O4S2. The minimum atomic E-state index is -3.48. The number of nitrogens with zero attached hydrogens (tertiary/aromatic N) is 2. The van der Waals surface area contributed by atoms with Gasteiger partial charge in [0.15, 0.2) is 0 Å². The summed E-state index contributed by atoms with van der Waals surface area (Å²) in [4.78, 5) is 13.9. The lowest BCUT2D eigenvalue weighted by atomic mass is 10.1. The van der Waals surface area contributed by atoms with Crippen LogP contribution in [0.4, 0.5) is 0 Å². The minimum Gasteiger partial charge on any atom is -0.383 e. The van der Waals surface area contributed by atoms with Gasteiger partial charge in [0.25, 0.3) is 10.0 Å². The van der Waals surface area contributed by atoms with Gasteiger partial charge in [-0.3, -0.25) is 4.79 Å². The van der Waals surface area contributed by atoms with Gasteiger partial charge in [0.2, 0.25) is 5.91 Å². The molecule has 1 aromatic heterocycles. The van der Waals surface area contributed by atoms with Crippen LogP contribution in [0.15, 0.2) is 21.7 Å². The van der Waals surface area contributed by atoms with E-state index in [1.54, 1.807) is 29.5 Å². The molecule has 0 N–H and O–H groups in total. The Morgan fingerprint density at radius 1 is 1.43 bits per heavy atom. The summed E-state index contributed by atoms with van der Waals surface area (Å²) in [6.07, 6.45) is 0.976. The van der Waals surface area contributed by atoms with Gasteiger partial charge in [0.1, 0.15) is 4.21 Å². The molecule has 0 radical (unpaired) electrons. The number of amides is 1. The molecule has 3 heterocycles. The van der Waals surface area contributed by atoms with E-state index in [-0.39, 0.29) is 24.4 Å². The second-order valence-electron chi connectivity index (χ2n) is 5.26. The van der Waals surface area contributed by atoms with E-state index in [0.717, 1.165) is 0 Å². The van der Waals surface area contributed by atoms with Gasteiger partial charge in [-0.25, -0.2) is 8.42 Å². The highest BCUT2D eigenvalue weighted by Crippen LogP contribution is 2.36. The first-order chi connectivity index (χ1) is 10.1. The zero-order chi connectivity index (χ0) is 15.0. The van der Waals surface area contributed by atoms with Crippen molar-refractivity contribution in [1.82, 2.24) is 9.21 Å². The predicted octanol–water partition coefficient (Wildman–Crippen LogP) is 0.758. The maximum atomic E-state index is 12.6. The lowest BCUT2D eigenvalue weighted by Crippen LogP contribution is -2.40. The van der Waals surface area contributed by atoms with E-state index in [2.05, 4.69) is 0 Å². The van der Waals surface area contributed by atoms with Gasteiger partial charge < -0.3 is 9.64 Å². The SMILES string of the molecule is COCCN1C(=O)C[C@H]2[C@@H]1CCN2S(=O)(=O)c1cccs1. The van der Waals surface area contributed by atoms with Crippen molar-refractivity contribution in [1.29, 1.82) is 0 Å². The quantitative estimate of drug-likeness (QED) is 0.799. The van der Waals surface area contributed by atoms with Crippen LogP contribution in [0.1, 0.15) is 12.8 Å². The largest absolute Gasteiger partial charge is 0.383 e. The molecule has 1 amide bonds. The number of thiophene rings is 1. The molecule has 0 spiro atoms. The molecule has 2 aliphatic rings. The molecule has 2 saturated heterocycles. The molecule has 3 rings (SSSR count). The van der Waals surface area contributed by atoms with Crippen molar-refractivity contribution in [3.05, 3.63) is 17.5 Å². The monoisotopic (exact) mass is 330 g/mol. The fourth-order valence-corrected chi connectivity index (χ4v) is 5.98. The number of fused-ring (bicyclic) bond motifs is 1. The van der Waals surface area contributed by atoms with Crippen molar-refractivity contribution in [2.24, 2.45) is 0 Å². The molecule has 21 heavy (non-hydrogen) atoms. The Balaban J connectivity index is 1.81. The molecule has 0 bridgehead atoms. The molecule has 0 aromatic carbocycles. The van der Waals surface area contributed by atoms with E-state index in [1.165, 1.54) is 15.6 Å². The van der Waals surface area contributed by atoms with Gasteiger partial charge in [-0.15, -0.1) is 11.3 Å². The van der Waals surface area contributed by atoms with Crippen LogP contribution in [0.5, 0.6) is 0 Å². The second kappa shape index (κ2) is 5.68. The van der Waals surface area contributed by atoms with Crippen LogP contribution in [-0.2, 0) is 19.6 Å². The fraction of sp³-hybridized carbons (Fsp3) is 0.615. The number of methoxy groups -OCH3 is 1. The summed E-state index contributed by atoms with van der Waals surface area (Å²) in [5, 5.41) is 1.76. The Kier molecular flexibility index (Phi) is 4.04. The highest BCUT2D eigenvalue weighted by molar-refractivity contribution is 7.91. The van der Waals surface area contributed by atoms with Gasteiger partial charge in [-0.1, -0.05) is 6.07 Å². The molecule has 0 aliphatic carbocycles. The highest BCUT2D eigenvalue weighted by atomic mass is 32.2. The summed E-state index contributed by atoms with van der Waals surface area (Å²) >= 11 is 1.22. The average molecular weight is 330 g/mol. The van der Waals surface area contributed by atoms with Crippen LogP contribution in [0.2, 0.25) is 0 Å². The molecule has 8 heteroatoms. The van der Waals surface area contributed by atoms with Crippen molar-refractivity contribution in [2.75, 3.05) is 26.8 Å². The van der Waals surface area contributed by atoms with Crippen LogP contribution in [0.25, 0.3) is 0 Å². The summed E-state index contributed by atoms with van der Waals surface area (Å²) < 4.78 is 32.2. The molecule has 2 aliphatic heterocycles. The smallest absolute Gasteiger partial charge is 0.252 e. The number of hydrogen-bond donors (Lipinski definition) is 0. The lowest BCUT2D eigenvalue weighted by molar-refractivity contribution is -0.129. The third-order valence-corrected chi connectivity index (χ3v) is 7.46. The van der Waals surface area contributed by atoms with Gasteiger partial charge in [0.05, 0.1) is 18.7 Å². The molecule has 116 valence electrons. The molecule has 2 fully saturated rings. The first-order valence-corrected chi connectivity index (χ1v) is 9.21. The first-order valence-electron chi connectivity index (χ1n) is 6.89. The zero-order valence-corrected chi connectivity index (χ0v) is 13.4. The Hall–Kier alpha value is -0.960. The number of rotatable bonds is 5. The summed E-state index contributed by atoms with van der Waals surface area (Å²) in [7, 11) is -1.88. The highest BCUT2D eigenvalue weighted by Gasteiger charge is 2.50. The van der Waals surface area contributed by atoms with Crippen molar-refractivity contribution >= 4 is 27.3 Å². The topological polar surface area (TPSA) is 66.9 Å². The Morgan fingerprint density at radius 2 is 2.24 bits per heavy atom. The van der Waals surface area contributed by atoms with Crippen molar-refractivity contribution in [3.63, 3.8) is 0 Å². The van der Waals surface area contributed by atoms with Gasteiger partial charge in [0, 0.05) is 26.6 Å². The zero-order valence-electron chi connectivity index (χ0n) is 11.8. The number of sulfonamides is 1. The normalized spacial score (nSPS) is 26.5. The number of hydrogen-bond acceptors (Lipinski definition) is 5. The molecule has 6 nitrogen and oxygen atoms in total. The summed E-state index contributed by atoms with van der Waals surface area (Å²) in [5.41, 5.74) is 0. The van der Waals surface area contributed by atoms with Crippen LogP contribution in [0.3, 0.4) is 0 Å². The molecule has 0 saturated carbocycles. The minimum absolute atomic E-state index is 0.0117. The third-order valence-electron chi connectivity index (χ3n) is 4.16.